The summed E-state index contributed by atoms with van der Waals surface area (Å²) >= 11 is 0. The monoisotopic (exact) mass is 272 g/mol. The molecule has 1 aromatic heterocycles. The number of nitrogens with zero attached hydrogens (tertiary/aromatic N) is 1. The molecule has 2 rings (SSSR count). The Hall–Kier alpha value is -2.56. The first-order valence-corrected chi connectivity index (χ1v) is 6.05. The van der Waals surface area contributed by atoms with E-state index in [2.05, 4.69) is 10.3 Å². The van der Waals surface area contributed by atoms with E-state index in [9.17, 15) is 14.0 Å². The molecule has 20 heavy (non-hydrogen) atoms. The Kier molecular flexibility index (Phi) is 4.20. The zero-order valence-electron chi connectivity index (χ0n) is 10.9. The van der Waals surface area contributed by atoms with Crippen molar-refractivity contribution in [2.24, 2.45) is 0 Å². The predicted molar refractivity (Wildman–Crippen MR) is 72.0 cm³/mol. The number of halogens is 1. The van der Waals surface area contributed by atoms with E-state index in [1.54, 1.807) is 25.3 Å². The molecule has 0 unspecified atom stereocenters. The Labute approximate surface area is 115 Å². The van der Waals surface area contributed by atoms with Crippen LogP contribution in [-0.4, -0.2) is 23.2 Å². The molecule has 1 N–H and O–H groups in total. The molecule has 5 heteroatoms. The molecule has 102 valence electrons. The van der Waals surface area contributed by atoms with Gasteiger partial charge in [-0.3, -0.25) is 14.6 Å². The first-order valence-electron chi connectivity index (χ1n) is 6.05. The second-order valence-electron chi connectivity index (χ2n) is 4.31. The van der Waals surface area contributed by atoms with Crippen LogP contribution < -0.4 is 5.32 Å². The van der Waals surface area contributed by atoms with E-state index in [-0.39, 0.29) is 24.1 Å². The lowest BCUT2D eigenvalue weighted by molar-refractivity contribution is 0.0904. The molecule has 0 saturated carbocycles. The molecular weight excluding hydrogens is 259 g/mol. The number of hydrogen-bond acceptors (Lipinski definition) is 3. The molecule has 0 aliphatic rings. The van der Waals surface area contributed by atoms with E-state index >= 15 is 0 Å². The Balaban J connectivity index is 1.98. The lowest BCUT2D eigenvalue weighted by Crippen LogP contribution is -2.29. The molecule has 4 nitrogen and oxygen atoms in total. The van der Waals surface area contributed by atoms with E-state index in [0.29, 0.717) is 16.7 Å². The largest absolute Gasteiger partial charge is 0.345 e. The molecular formula is C15H13FN2O2. The Morgan fingerprint density at radius 2 is 2.05 bits per heavy atom. The maximum Gasteiger partial charge on any atom is 0.253 e. The number of carbonyl (C=O) groups is 2. The fourth-order valence-corrected chi connectivity index (χ4v) is 1.68. The SMILES string of the molecule is Cc1cc(C(=O)CNC(=O)c2cccnc2)ccc1F. The maximum atomic E-state index is 13.1. The number of pyridine rings is 1. The molecule has 0 bridgehead atoms. The van der Waals surface area contributed by atoms with Gasteiger partial charge < -0.3 is 5.32 Å². The van der Waals surface area contributed by atoms with Gasteiger partial charge in [0, 0.05) is 18.0 Å². The van der Waals surface area contributed by atoms with Gasteiger partial charge in [-0.1, -0.05) is 0 Å². The minimum Gasteiger partial charge on any atom is -0.345 e. The maximum absolute atomic E-state index is 13.1. The van der Waals surface area contributed by atoms with Crippen LogP contribution in [0.2, 0.25) is 0 Å². The van der Waals surface area contributed by atoms with Gasteiger partial charge in [-0.05, 0) is 42.8 Å². The number of carbonyl (C=O) groups excluding carboxylic acids is 2. The van der Waals surface area contributed by atoms with E-state index in [1.807, 2.05) is 0 Å². The molecule has 1 aromatic carbocycles. The highest BCUT2D eigenvalue weighted by Crippen LogP contribution is 2.09. The standard InChI is InChI=1S/C15H13FN2O2/c1-10-7-11(4-5-13(10)16)14(19)9-18-15(20)12-3-2-6-17-8-12/h2-8H,9H2,1H3,(H,18,20). The molecule has 0 fully saturated rings. The minimum absolute atomic E-state index is 0.140. The van der Waals surface area contributed by atoms with Crippen molar-refractivity contribution in [1.29, 1.82) is 0 Å². The van der Waals surface area contributed by atoms with E-state index in [1.165, 1.54) is 24.4 Å². The summed E-state index contributed by atoms with van der Waals surface area (Å²) in [5.41, 5.74) is 1.15. The first-order chi connectivity index (χ1) is 9.58. The number of amides is 1. The summed E-state index contributed by atoms with van der Waals surface area (Å²) in [6.07, 6.45) is 2.98. The number of benzene rings is 1. The third kappa shape index (κ3) is 3.26. The fraction of sp³-hybridized carbons (Fsp3) is 0.133. The molecule has 1 heterocycles. The van der Waals surface area contributed by atoms with Gasteiger partial charge in [-0.2, -0.15) is 0 Å². The lowest BCUT2D eigenvalue weighted by atomic mass is 10.1. The Morgan fingerprint density at radius 1 is 1.25 bits per heavy atom. The lowest BCUT2D eigenvalue weighted by Gasteiger charge is -2.05. The predicted octanol–water partition coefficient (Wildman–Crippen LogP) is 2.14. The quantitative estimate of drug-likeness (QED) is 0.867. The summed E-state index contributed by atoms with van der Waals surface area (Å²) in [5, 5.41) is 2.51. The summed E-state index contributed by atoms with van der Waals surface area (Å²) < 4.78 is 13.1. The van der Waals surface area contributed by atoms with Gasteiger partial charge in [0.05, 0.1) is 12.1 Å². The van der Waals surface area contributed by atoms with Crippen LogP contribution in [-0.2, 0) is 0 Å². The molecule has 0 spiro atoms. The van der Waals surface area contributed by atoms with Crippen LogP contribution in [0.5, 0.6) is 0 Å². The second-order valence-corrected chi connectivity index (χ2v) is 4.31. The number of rotatable bonds is 4. The number of Topliss-reactive ketones (excluding diaryl/α,β-unsaturated/α-hetero) is 1. The summed E-state index contributed by atoms with van der Waals surface area (Å²) in [7, 11) is 0. The van der Waals surface area contributed by atoms with Gasteiger partial charge in [0.2, 0.25) is 0 Å². The number of aromatic nitrogens is 1. The van der Waals surface area contributed by atoms with Gasteiger partial charge in [-0.25, -0.2) is 4.39 Å². The molecule has 0 aliphatic carbocycles. The van der Waals surface area contributed by atoms with Crippen molar-refractivity contribution in [3.63, 3.8) is 0 Å². The molecule has 1 amide bonds. The highest BCUT2D eigenvalue weighted by molar-refractivity contribution is 6.02. The number of nitrogens with one attached hydrogen (secondary N) is 1. The van der Waals surface area contributed by atoms with Crippen molar-refractivity contribution >= 4 is 11.7 Å². The van der Waals surface area contributed by atoms with E-state index in [0.717, 1.165) is 0 Å². The number of hydrogen-bond donors (Lipinski definition) is 1. The average molecular weight is 272 g/mol. The highest BCUT2D eigenvalue weighted by atomic mass is 19.1. The number of aryl methyl sites for hydroxylation is 1. The van der Waals surface area contributed by atoms with Gasteiger partial charge in [0.25, 0.3) is 5.91 Å². The van der Waals surface area contributed by atoms with Crippen molar-refractivity contribution in [3.05, 3.63) is 65.2 Å². The normalized spacial score (nSPS) is 10.1. The van der Waals surface area contributed by atoms with Crippen LogP contribution in [0, 0.1) is 12.7 Å². The zero-order valence-corrected chi connectivity index (χ0v) is 10.9. The highest BCUT2D eigenvalue weighted by Gasteiger charge is 2.11. The topological polar surface area (TPSA) is 59.1 Å². The summed E-state index contributed by atoms with van der Waals surface area (Å²) in [6.45, 7) is 1.44. The molecule has 0 saturated heterocycles. The van der Waals surface area contributed by atoms with Crippen molar-refractivity contribution in [2.45, 2.75) is 6.92 Å². The van der Waals surface area contributed by atoms with Crippen LogP contribution in [0.25, 0.3) is 0 Å². The smallest absolute Gasteiger partial charge is 0.253 e. The van der Waals surface area contributed by atoms with Crippen molar-refractivity contribution in [2.75, 3.05) is 6.54 Å². The van der Waals surface area contributed by atoms with Gasteiger partial charge >= 0.3 is 0 Å². The molecule has 0 aliphatic heterocycles. The zero-order chi connectivity index (χ0) is 14.5. The molecule has 2 aromatic rings. The molecule has 0 atom stereocenters. The first kappa shape index (κ1) is 13.9. The fourth-order valence-electron chi connectivity index (χ4n) is 1.68. The van der Waals surface area contributed by atoms with Crippen molar-refractivity contribution in [3.8, 4) is 0 Å². The van der Waals surface area contributed by atoms with Crippen LogP contribution in [0.15, 0.2) is 42.7 Å². The summed E-state index contributed by atoms with van der Waals surface area (Å²) in [5.74, 6) is -1.00. The summed E-state index contributed by atoms with van der Waals surface area (Å²) in [4.78, 5) is 27.5. The second kappa shape index (κ2) is 6.06. The number of ketones is 1. The minimum atomic E-state index is -0.370. The summed E-state index contributed by atoms with van der Waals surface area (Å²) in [6, 6.07) is 7.36. The third-order valence-electron chi connectivity index (χ3n) is 2.81. The third-order valence-corrected chi connectivity index (χ3v) is 2.81. The van der Waals surface area contributed by atoms with E-state index in [4.69, 9.17) is 0 Å². The Morgan fingerprint density at radius 3 is 2.70 bits per heavy atom. The van der Waals surface area contributed by atoms with Crippen LogP contribution in [0.1, 0.15) is 26.3 Å². The van der Waals surface area contributed by atoms with Crippen molar-refractivity contribution in [1.82, 2.24) is 10.3 Å². The van der Waals surface area contributed by atoms with Crippen LogP contribution in [0.4, 0.5) is 4.39 Å². The molecule has 0 radical (unpaired) electrons. The Bertz CT molecular complexity index is 642. The van der Waals surface area contributed by atoms with Crippen LogP contribution in [0.3, 0.4) is 0 Å². The van der Waals surface area contributed by atoms with Gasteiger partial charge in [-0.15, -0.1) is 0 Å². The van der Waals surface area contributed by atoms with Gasteiger partial charge in [0.1, 0.15) is 5.82 Å². The average Bonchev–Trinajstić information content (AvgIpc) is 2.48. The van der Waals surface area contributed by atoms with Crippen molar-refractivity contribution < 1.29 is 14.0 Å². The van der Waals surface area contributed by atoms with E-state index < -0.39 is 0 Å². The van der Waals surface area contributed by atoms with Crippen LogP contribution >= 0.6 is 0 Å². The van der Waals surface area contributed by atoms with Gasteiger partial charge in [0.15, 0.2) is 5.78 Å².